The Hall–Kier alpha value is -13.1. The number of rotatable bonds is 30. The number of nitrogens with one attached hydrogen (secondary N) is 17. The molecular weight excluding hydrogens is 1820 g/mol. The van der Waals surface area contributed by atoms with Crippen LogP contribution in [0.5, 0.6) is 5.75 Å². The van der Waals surface area contributed by atoms with E-state index in [0.717, 1.165) is 37.3 Å². The zero-order chi connectivity index (χ0) is 102. The molecule has 0 radical (unpaired) electrons. The Balaban J connectivity index is 1.33. The van der Waals surface area contributed by atoms with E-state index in [1.165, 1.54) is 38.2 Å². The Morgan fingerprint density at radius 2 is 0.906 bits per heavy atom. The maximum atomic E-state index is 15.4. The fraction of sp³-hybridized carbons (Fsp3) is 0.542. The smallest absolute Gasteiger partial charge is 0.341 e. The fourth-order valence-corrected chi connectivity index (χ4v) is 16.8. The maximum Gasteiger partial charge on any atom is 0.341 e. The predicted molar refractivity (Wildman–Crippen MR) is 517 cm³/mol. The third kappa shape index (κ3) is 36.3. The average Bonchev–Trinajstić information content (AvgIpc) is 1.67. The van der Waals surface area contributed by atoms with Crippen molar-refractivity contribution in [2.45, 2.75) is 256 Å². The van der Waals surface area contributed by atoms with Gasteiger partial charge in [-0.2, -0.15) is 0 Å². The number of thioether (sulfide) groups is 1. The number of fused-ring (bicyclic) bond motifs is 1. The first kappa shape index (κ1) is 113. The highest BCUT2D eigenvalue weighted by molar-refractivity contribution is 8.00. The third-order valence-corrected chi connectivity index (χ3v) is 24.8. The second-order valence-corrected chi connectivity index (χ2v) is 37.7. The molecule has 26 N–H and O–H groups in total. The lowest BCUT2D eigenvalue weighted by molar-refractivity contribution is -0.142. The van der Waals surface area contributed by atoms with Gasteiger partial charge >= 0.3 is 11.9 Å². The summed E-state index contributed by atoms with van der Waals surface area (Å²) in [7, 11) is 1.41. The van der Waals surface area contributed by atoms with Gasteiger partial charge < -0.3 is 127 Å². The molecule has 0 bridgehead atoms. The van der Waals surface area contributed by atoms with Crippen LogP contribution in [0.15, 0.2) is 109 Å². The summed E-state index contributed by atoms with van der Waals surface area (Å²) >= 11 is 0.700. The van der Waals surface area contributed by atoms with Crippen molar-refractivity contribution in [3.63, 3.8) is 0 Å². The Labute approximate surface area is 811 Å². The van der Waals surface area contributed by atoms with Gasteiger partial charge in [0, 0.05) is 48.7 Å². The number of nitrogens with two attached hydrogens (primary N) is 3. The summed E-state index contributed by atoms with van der Waals surface area (Å²) in [6.45, 7) is 14.1. The van der Waals surface area contributed by atoms with Gasteiger partial charge in [-0.25, -0.2) is 4.79 Å². The Kier molecular flexibility index (Phi) is 45.5. The van der Waals surface area contributed by atoms with Crippen LogP contribution in [0.4, 0.5) is 0 Å². The summed E-state index contributed by atoms with van der Waals surface area (Å²) in [5.41, 5.74) is 21.1. The molecule has 1 aliphatic carbocycles. The van der Waals surface area contributed by atoms with Crippen molar-refractivity contribution in [3.8, 4) is 16.9 Å². The van der Waals surface area contributed by atoms with E-state index in [-0.39, 0.29) is 87.7 Å². The number of aliphatic hydroxyl groups excluding tert-OH is 1. The molecule has 4 aromatic carbocycles. The molecule has 2 fully saturated rings. The summed E-state index contributed by atoms with van der Waals surface area (Å²) in [6, 6.07) is 4.82. The van der Waals surface area contributed by atoms with E-state index in [1.807, 2.05) is 30.3 Å². The molecule has 2 heterocycles. The zero-order valence-electron chi connectivity index (χ0n) is 80.4. The van der Waals surface area contributed by atoms with E-state index in [1.54, 1.807) is 110 Å². The van der Waals surface area contributed by atoms with Gasteiger partial charge in [0.25, 0.3) is 0 Å². The molecule has 1 saturated heterocycles. The molecule has 760 valence electrons. The Bertz CT molecular complexity index is 5040. The highest BCUT2D eigenvalue weighted by Crippen LogP contribution is 2.29. The topological polar surface area (TPSA) is 664 Å². The summed E-state index contributed by atoms with van der Waals surface area (Å²) in [4.78, 5) is 263. The second-order valence-electron chi connectivity index (χ2n) is 36.6. The molecule has 43 heteroatoms. The van der Waals surface area contributed by atoms with Crippen LogP contribution >= 0.6 is 11.8 Å². The number of amides is 16. The molecule has 7 rings (SSSR count). The molecule has 0 spiro atoms. The zero-order valence-corrected chi connectivity index (χ0v) is 81.2. The normalized spacial score (nSPS) is 24.0. The van der Waals surface area contributed by atoms with E-state index in [4.69, 9.17) is 21.9 Å². The van der Waals surface area contributed by atoms with Gasteiger partial charge in [-0.1, -0.05) is 172 Å². The minimum Gasteiger partial charge on any atom is -0.482 e. The number of carboxylic acids is 2. The quantitative estimate of drug-likeness (QED) is 0.0262. The van der Waals surface area contributed by atoms with E-state index in [2.05, 4.69) is 90.1 Å². The molecule has 42 nitrogen and oxygen atoms in total. The van der Waals surface area contributed by atoms with Crippen molar-refractivity contribution in [1.29, 1.82) is 0 Å². The number of para-hydroxylation sites is 1. The van der Waals surface area contributed by atoms with Crippen molar-refractivity contribution in [2.24, 2.45) is 46.8 Å². The highest BCUT2D eigenvalue weighted by Gasteiger charge is 2.42. The number of aliphatic carboxylic acids is 2. The largest absolute Gasteiger partial charge is 0.482 e. The Morgan fingerprint density at radius 3 is 1.44 bits per heavy atom. The van der Waals surface area contributed by atoms with E-state index >= 15 is 28.8 Å². The average molecular weight is 1960 g/mol. The van der Waals surface area contributed by atoms with Crippen molar-refractivity contribution >= 4 is 129 Å². The molecule has 2 aliphatic rings. The van der Waals surface area contributed by atoms with Crippen LogP contribution in [0.25, 0.3) is 22.0 Å². The van der Waals surface area contributed by atoms with Crippen LogP contribution in [0.3, 0.4) is 0 Å². The van der Waals surface area contributed by atoms with Crippen LogP contribution in [0.1, 0.15) is 157 Å². The molecule has 16 atom stereocenters. The minimum absolute atomic E-state index is 0.0223. The maximum absolute atomic E-state index is 15.4. The van der Waals surface area contributed by atoms with Crippen molar-refractivity contribution in [3.05, 3.63) is 126 Å². The number of likely N-dealkylation sites (N-methyl/N-ethyl adjacent to an activating group) is 1. The van der Waals surface area contributed by atoms with Gasteiger partial charge in [0.2, 0.25) is 94.5 Å². The number of carboxylic acid groups (broad SMARTS) is 2. The molecule has 139 heavy (non-hydrogen) atoms. The summed E-state index contributed by atoms with van der Waals surface area (Å²) < 4.78 is 5.31. The van der Waals surface area contributed by atoms with Gasteiger partial charge in [-0.3, -0.25) is 81.5 Å². The minimum atomic E-state index is -2.09. The second kappa shape index (κ2) is 56.1. The molecular formula is C96H138N20O22S. The van der Waals surface area contributed by atoms with Crippen molar-refractivity contribution in [1.82, 2.24) is 90.1 Å². The number of aliphatic hydroxyl groups is 1. The van der Waals surface area contributed by atoms with Crippen LogP contribution < -0.4 is 107 Å². The summed E-state index contributed by atoms with van der Waals surface area (Å²) in [5, 5.41) is 74.0. The van der Waals surface area contributed by atoms with Gasteiger partial charge in [0.1, 0.15) is 96.4 Å². The number of benzene rings is 4. The third-order valence-electron chi connectivity index (χ3n) is 23.7. The lowest BCUT2D eigenvalue weighted by atomic mass is 9.84. The number of ether oxygens (including phenoxy) is 1. The lowest BCUT2D eigenvalue weighted by Gasteiger charge is -2.31. The van der Waals surface area contributed by atoms with E-state index < -0.39 is 252 Å². The van der Waals surface area contributed by atoms with Crippen molar-refractivity contribution < 1.29 is 106 Å². The molecule has 1 unspecified atom stereocenters. The Morgan fingerprint density at radius 1 is 0.460 bits per heavy atom. The van der Waals surface area contributed by atoms with Crippen molar-refractivity contribution in [2.75, 3.05) is 44.8 Å². The van der Waals surface area contributed by atoms with E-state index in [0.29, 0.717) is 46.6 Å². The number of H-pyrrole nitrogens is 1. The molecule has 1 saturated carbocycles. The van der Waals surface area contributed by atoms with Crippen LogP contribution in [0, 0.1) is 29.6 Å². The predicted octanol–water partition coefficient (Wildman–Crippen LogP) is -1.00. The monoisotopic (exact) mass is 1960 g/mol. The van der Waals surface area contributed by atoms with Gasteiger partial charge in [-0.15, -0.1) is 11.8 Å². The highest BCUT2D eigenvalue weighted by atomic mass is 32.2. The first-order valence-corrected chi connectivity index (χ1v) is 48.1. The SMILES string of the molecule is CNC[C@@H]1NC(=O)CSC[C@@H](C(=O)N[C@@H](C)C(N)=O)NC(=O)[C@H](C(C)O)NC(=O)[C@H](C(C)C)NC(=O)[C@H](CC2CCCCC2)NC(=O)[C@H](CCN)NC(=O)[C@@H](CC(C)C)NC(=O)[C@H](CCCN)NC(=O)[C@H](C(C)C)NC(=O)[C@H](Cc2ccc(-c3ccccc3)cc2)NC(=O)[C@H](C(C)C)NC(=O)[C@H](Cc2c[nH]c3ccccc23)NC(=O)[C@H](CC(=O)O)NC(=O)[C@H](Cc2ccc(OCC(=O)O)cc2)NC1=O. The number of hydrogen-bond acceptors (Lipinski definition) is 24. The van der Waals surface area contributed by atoms with Crippen LogP contribution in [-0.2, 0) is 106 Å². The van der Waals surface area contributed by atoms with Gasteiger partial charge in [0.15, 0.2) is 6.61 Å². The number of hydrogen-bond donors (Lipinski definition) is 23. The first-order valence-electron chi connectivity index (χ1n) is 47.0. The number of primary amides is 1. The summed E-state index contributed by atoms with van der Waals surface area (Å²) in [5.74, 6) is -22.8. The fourth-order valence-electron chi connectivity index (χ4n) is 16.0. The van der Waals surface area contributed by atoms with Gasteiger partial charge in [-0.05, 0) is 142 Å². The molecule has 1 aliphatic heterocycles. The summed E-state index contributed by atoms with van der Waals surface area (Å²) in [6.07, 6.45) is 1.22. The van der Waals surface area contributed by atoms with Gasteiger partial charge in [0.05, 0.1) is 18.3 Å². The molecule has 16 amide bonds. The van der Waals surface area contributed by atoms with E-state index in [9.17, 15) is 72.9 Å². The van der Waals surface area contributed by atoms with Crippen LogP contribution in [0.2, 0.25) is 0 Å². The number of aromatic amines is 1. The van der Waals surface area contributed by atoms with Crippen LogP contribution in [-0.4, -0.2) is 268 Å². The standard InChI is InChI=1S/C96H138N20O22S/c1-50(2)39-67-85(126)104-66(36-38-98)84(125)107-69(40-56-21-14-12-15-22-56)88(129)115-80(53(7)8)95(136)116-81(55(10)117)96(137)112-74(92(133)102-54(9)82(99)123)48-139-49-75(118)103-73(46-100-11)91(132)108-68(42-58-30-34-62(35-31-58)138-47-77(121)122)86(127)110-72(44-76(119)120)87(128)109-71(43-61-45-101-64-26-19-18-25-63(61)64)90(131)114-79(52(5)6)94(135)111-70(41-57-28-32-60(33-29-57)59-23-16-13-17-24-59)89(130)113-78(51(3)4)93(134)105-65(27-20-37-97)83(124)106-67/h13,16-19,23-26,28-35,45,50-56,65-74,78-81,100-101,117H,12,14-15,20-22,27,36-44,46-49,97-98H2,1-11H3,(H2,99,123)(H,102,133)(H,103,118)(H,104,126)(H,105,134)(H,106,124)(H,107,125)(H,108,132)(H,109,128)(H,110,127)(H,111,135)(H,112,137)(H,113,130)(H,114,131)(H,115,129)(H,116,136)(H,119,120)(H,121,122)/t54-,55?,65-,66-,67+,68-,69-,70-,71-,72-,73-,74-,78-,79-,80-,81-/m0/s1. The number of carbonyl (C=O) groups excluding carboxylic acids is 16. The number of carbonyl (C=O) groups is 18. The molecule has 5 aromatic rings. The first-order chi connectivity index (χ1) is 66.0. The molecule has 1 aromatic heterocycles. The lowest BCUT2D eigenvalue weighted by Crippen LogP contribution is -2.63. The number of aromatic nitrogens is 1.